The SMILES string of the molecule is CCCOc1ncnc(NC2CCN(C)CC2C)c1N. The third kappa shape index (κ3) is 3.50. The molecule has 0 saturated carbocycles. The maximum absolute atomic E-state index is 6.09. The molecule has 0 radical (unpaired) electrons. The molecule has 0 bridgehead atoms. The topological polar surface area (TPSA) is 76.3 Å². The van der Waals surface area contributed by atoms with Crippen LogP contribution in [0, 0.1) is 5.92 Å². The predicted octanol–water partition coefficient (Wildman–Crippen LogP) is 1.60. The van der Waals surface area contributed by atoms with Crippen LogP contribution in [-0.4, -0.2) is 47.7 Å². The highest BCUT2D eigenvalue weighted by Gasteiger charge is 2.25. The van der Waals surface area contributed by atoms with Crippen molar-refractivity contribution >= 4 is 11.5 Å². The van der Waals surface area contributed by atoms with Crippen LogP contribution in [0.1, 0.15) is 26.7 Å². The van der Waals surface area contributed by atoms with E-state index in [2.05, 4.69) is 41.1 Å². The number of rotatable bonds is 5. The van der Waals surface area contributed by atoms with Crippen molar-refractivity contribution in [1.82, 2.24) is 14.9 Å². The van der Waals surface area contributed by atoms with E-state index in [0.717, 1.165) is 25.9 Å². The maximum atomic E-state index is 6.09. The van der Waals surface area contributed by atoms with Crippen LogP contribution in [-0.2, 0) is 0 Å². The van der Waals surface area contributed by atoms with Gasteiger partial charge in [0.2, 0.25) is 5.88 Å². The summed E-state index contributed by atoms with van der Waals surface area (Å²) in [6.45, 7) is 7.09. The third-order valence-corrected chi connectivity index (χ3v) is 3.72. The summed E-state index contributed by atoms with van der Waals surface area (Å²) >= 11 is 0. The van der Waals surface area contributed by atoms with Gasteiger partial charge in [0, 0.05) is 12.6 Å². The number of piperidine rings is 1. The van der Waals surface area contributed by atoms with Gasteiger partial charge in [-0.15, -0.1) is 0 Å². The summed E-state index contributed by atoms with van der Waals surface area (Å²) in [4.78, 5) is 10.7. The van der Waals surface area contributed by atoms with E-state index < -0.39 is 0 Å². The molecule has 1 aromatic rings. The molecule has 2 unspecified atom stereocenters. The van der Waals surface area contributed by atoms with Crippen molar-refractivity contribution in [3.05, 3.63) is 6.33 Å². The molecular weight excluding hydrogens is 254 g/mol. The van der Waals surface area contributed by atoms with Gasteiger partial charge in [0.15, 0.2) is 5.82 Å². The molecule has 1 aliphatic heterocycles. The van der Waals surface area contributed by atoms with E-state index >= 15 is 0 Å². The van der Waals surface area contributed by atoms with Gasteiger partial charge >= 0.3 is 0 Å². The number of nitrogen functional groups attached to an aromatic ring is 1. The van der Waals surface area contributed by atoms with Gasteiger partial charge in [-0.05, 0) is 32.4 Å². The molecule has 0 amide bonds. The Bertz CT molecular complexity index is 440. The number of ether oxygens (including phenoxy) is 1. The normalized spacial score (nSPS) is 23.6. The van der Waals surface area contributed by atoms with Crippen molar-refractivity contribution in [2.24, 2.45) is 5.92 Å². The fourth-order valence-electron chi connectivity index (χ4n) is 2.55. The summed E-state index contributed by atoms with van der Waals surface area (Å²) in [7, 11) is 2.16. The lowest BCUT2D eigenvalue weighted by Crippen LogP contribution is -2.43. The third-order valence-electron chi connectivity index (χ3n) is 3.72. The van der Waals surface area contributed by atoms with Gasteiger partial charge in [0.05, 0.1) is 6.61 Å². The zero-order valence-electron chi connectivity index (χ0n) is 12.6. The number of likely N-dealkylation sites (tertiary alicyclic amines) is 1. The number of nitrogens with two attached hydrogens (primary N) is 1. The summed E-state index contributed by atoms with van der Waals surface area (Å²) in [5, 5.41) is 3.45. The van der Waals surface area contributed by atoms with Crippen molar-refractivity contribution in [1.29, 1.82) is 0 Å². The largest absolute Gasteiger partial charge is 0.476 e. The van der Waals surface area contributed by atoms with Crippen LogP contribution in [0.4, 0.5) is 11.5 Å². The minimum atomic E-state index is 0.391. The zero-order valence-corrected chi connectivity index (χ0v) is 12.6. The van der Waals surface area contributed by atoms with Gasteiger partial charge in [0.1, 0.15) is 12.0 Å². The molecule has 6 nitrogen and oxygen atoms in total. The van der Waals surface area contributed by atoms with E-state index in [1.54, 1.807) is 0 Å². The van der Waals surface area contributed by atoms with Crippen LogP contribution >= 0.6 is 0 Å². The quantitative estimate of drug-likeness (QED) is 0.852. The van der Waals surface area contributed by atoms with E-state index in [-0.39, 0.29) is 0 Å². The first kappa shape index (κ1) is 14.8. The minimum absolute atomic E-state index is 0.391. The van der Waals surface area contributed by atoms with Crippen molar-refractivity contribution < 1.29 is 4.74 Å². The number of hydrogen-bond acceptors (Lipinski definition) is 6. The Hall–Kier alpha value is -1.56. The molecular formula is C14H25N5O. The smallest absolute Gasteiger partial charge is 0.242 e. The van der Waals surface area contributed by atoms with Gasteiger partial charge in [-0.1, -0.05) is 13.8 Å². The number of aromatic nitrogens is 2. The lowest BCUT2D eigenvalue weighted by atomic mass is 9.94. The number of nitrogens with zero attached hydrogens (tertiary/aromatic N) is 3. The first-order valence-electron chi connectivity index (χ1n) is 7.30. The van der Waals surface area contributed by atoms with Crippen molar-refractivity contribution in [3.8, 4) is 5.88 Å². The highest BCUT2D eigenvalue weighted by molar-refractivity contribution is 5.66. The molecule has 0 aromatic carbocycles. The van der Waals surface area contributed by atoms with Gasteiger partial charge < -0.3 is 20.7 Å². The Labute approximate surface area is 120 Å². The molecule has 1 fully saturated rings. The van der Waals surface area contributed by atoms with E-state index in [0.29, 0.717) is 36.0 Å². The Balaban J connectivity index is 2.05. The van der Waals surface area contributed by atoms with Crippen LogP contribution in [0.2, 0.25) is 0 Å². The Morgan fingerprint density at radius 3 is 3.00 bits per heavy atom. The summed E-state index contributed by atoms with van der Waals surface area (Å²) in [5.74, 6) is 1.72. The monoisotopic (exact) mass is 279 g/mol. The Kier molecular flexibility index (Phi) is 5.00. The van der Waals surface area contributed by atoms with Crippen LogP contribution in [0.25, 0.3) is 0 Å². The molecule has 1 saturated heterocycles. The minimum Gasteiger partial charge on any atom is -0.476 e. The second-order valence-corrected chi connectivity index (χ2v) is 5.57. The van der Waals surface area contributed by atoms with E-state index in [4.69, 9.17) is 10.5 Å². The second-order valence-electron chi connectivity index (χ2n) is 5.57. The zero-order chi connectivity index (χ0) is 14.5. The Morgan fingerprint density at radius 2 is 2.30 bits per heavy atom. The molecule has 0 spiro atoms. The van der Waals surface area contributed by atoms with E-state index in [1.807, 2.05) is 0 Å². The lowest BCUT2D eigenvalue weighted by Gasteiger charge is -2.35. The fraction of sp³-hybridized carbons (Fsp3) is 0.714. The molecule has 2 atom stereocenters. The summed E-state index contributed by atoms with van der Waals surface area (Å²) in [5.41, 5.74) is 6.60. The van der Waals surface area contributed by atoms with Crippen LogP contribution in [0.3, 0.4) is 0 Å². The number of hydrogen-bond donors (Lipinski definition) is 2. The average molecular weight is 279 g/mol. The fourth-order valence-corrected chi connectivity index (χ4v) is 2.55. The second kappa shape index (κ2) is 6.74. The summed E-state index contributed by atoms with van der Waals surface area (Å²) in [6.07, 6.45) is 3.52. The average Bonchev–Trinajstić information content (AvgIpc) is 2.42. The van der Waals surface area contributed by atoms with Gasteiger partial charge in [-0.2, -0.15) is 4.98 Å². The van der Waals surface area contributed by atoms with Gasteiger partial charge in [-0.3, -0.25) is 0 Å². The van der Waals surface area contributed by atoms with Crippen molar-refractivity contribution in [2.45, 2.75) is 32.7 Å². The molecule has 6 heteroatoms. The highest BCUT2D eigenvalue weighted by atomic mass is 16.5. The predicted molar refractivity (Wildman–Crippen MR) is 80.9 cm³/mol. The standard InChI is InChI=1S/C14H25N5O/c1-4-7-20-14-12(15)13(16-9-17-14)18-11-5-6-19(3)8-10(11)2/h9-11H,4-8,15H2,1-3H3,(H,16,17,18). The molecule has 20 heavy (non-hydrogen) atoms. The van der Waals surface area contributed by atoms with Crippen LogP contribution in [0.15, 0.2) is 6.33 Å². The van der Waals surface area contributed by atoms with E-state index in [9.17, 15) is 0 Å². The molecule has 2 rings (SSSR count). The number of nitrogens with one attached hydrogen (secondary N) is 1. The van der Waals surface area contributed by atoms with Crippen LogP contribution < -0.4 is 15.8 Å². The summed E-state index contributed by atoms with van der Waals surface area (Å²) < 4.78 is 5.54. The Morgan fingerprint density at radius 1 is 1.50 bits per heavy atom. The molecule has 2 heterocycles. The number of anilines is 2. The molecule has 3 N–H and O–H groups in total. The van der Waals surface area contributed by atoms with Crippen LogP contribution in [0.5, 0.6) is 5.88 Å². The van der Waals surface area contributed by atoms with Crippen molar-refractivity contribution in [2.75, 3.05) is 37.8 Å². The molecule has 1 aromatic heterocycles. The van der Waals surface area contributed by atoms with Crippen molar-refractivity contribution in [3.63, 3.8) is 0 Å². The lowest BCUT2D eigenvalue weighted by molar-refractivity contribution is 0.206. The first-order chi connectivity index (χ1) is 9.61. The van der Waals surface area contributed by atoms with Gasteiger partial charge in [-0.25, -0.2) is 4.98 Å². The molecule has 0 aliphatic carbocycles. The van der Waals surface area contributed by atoms with Gasteiger partial charge in [0.25, 0.3) is 0 Å². The molecule has 112 valence electrons. The highest BCUT2D eigenvalue weighted by Crippen LogP contribution is 2.27. The van der Waals surface area contributed by atoms with E-state index in [1.165, 1.54) is 6.33 Å². The first-order valence-corrected chi connectivity index (χ1v) is 7.30. The summed E-state index contributed by atoms with van der Waals surface area (Å²) in [6, 6.07) is 0.391. The maximum Gasteiger partial charge on any atom is 0.242 e. The molecule has 1 aliphatic rings.